The van der Waals surface area contributed by atoms with Gasteiger partial charge in [0.15, 0.2) is 0 Å². The van der Waals surface area contributed by atoms with Crippen LogP contribution in [-0.2, 0) is 10.8 Å². The molecule has 0 aliphatic rings. The van der Waals surface area contributed by atoms with Crippen molar-refractivity contribution < 1.29 is 4.21 Å². The van der Waals surface area contributed by atoms with Crippen LogP contribution in [-0.4, -0.2) is 14.2 Å². The highest BCUT2D eigenvalue weighted by Gasteiger charge is 2.12. The third-order valence-electron chi connectivity index (χ3n) is 1.33. The molecule has 0 aliphatic carbocycles. The molecular formula is C8H8BrClOS. The van der Waals surface area contributed by atoms with E-state index in [1.54, 1.807) is 0 Å². The van der Waals surface area contributed by atoms with Crippen LogP contribution in [0.5, 0.6) is 0 Å². The molecule has 1 nitrogen and oxygen atoms in total. The Labute approximate surface area is 87.7 Å². The molecule has 0 heterocycles. The summed E-state index contributed by atoms with van der Waals surface area (Å²) in [6, 6.07) is 9.22. The molecule has 0 amide bonds. The first-order valence-electron chi connectivity index (χ1n) is 3.41. The van der Waals surface area contributed by atoms with Crippen LogP contribution in [0.4, 0.5) is 0 Å². The molecule has 0 N–H and O–H groups in total. The molecule has 0 saturated heterocycles. The first kappa shape index (κ1) is 10.2. The lowest BCUT2D eigenvalue weighted by atomic mass is 10.4. The normalized spacial score (nSPS) is 15.5. The molecule has 0 bridgehead atoms. The van der Waals surface area contributed by atoms with Crippen molar-refractivity contribution in [3.05, 3.63) is 30.3 Å². The second-order valence-corrected chi connectivity index (χ2v) is 5.24. The first-order chi connectivity index (χ1) is 5.75. The van der Waals surface area contributed by atoms with Crippen molar-refractivity contribution in [2.45, 2.75) is 9.60 Å². The lowest BCUT2D eigenvalue weighted by Crippen LogP contribution is -2.08. The number of benzene rings is 1. The second kappa shape index (κ2) is 5.00. The summed E-state index contributed by atoms with van der Waals surface area (Å²) in [6.45, 7) is 0. The number of hydrogen-bond donors (Lipinski definition) is 0. The minimum absolute atomic E-state index is 0.354. The van der Waals surface area contributed by atoms with Gasteiger partial charge in [-0.15, -0.1) is 11.6 Å². The maximum atomic E-state index is 11.5. The summed E-state index contributed by atoms with van der Waals surface area (Å²) in [5, 5.41) is 0.538. The Balaban J connectivity index is 2.79. The van der Waals surface area contributed by atoms with Crippen molar-refractivity contribution in [3.63, 3.8) is 0 Å². The van der Waals surface area contributed by atoms with Crippen LogP contribution in [0, 0.1) is 0 Å². The van der Waals surface area contributed by atoms with Crippen molar-refractivity contribution >= 4 is 38.3 Å². The van der Waals surface area contributed by atoms with E-state index in [9.17, 15) is 4.21 Å². The summed E-state index contributed by atoms with van der Waals surface area (Å²) in [5.74, 6) is 0. The molecule has 0 fully saturated rings. The number of hydrogen-bond acceptors (Lipinski definition) is 1. The summed E-state index contributed by atoms with van der Waals surface area (Å²) in [4.78, 5) is 0.775. The van der Waals surface area contributed by atoms with Gasteiger partial charge in [-0.05, 0) is 12.1 Å². The highest BCUT2D eigenvalue weighted by molar-refractivity contribution is 9.09. The van der Waals surface area contributed by atoms with Crippen LogP contribution in [0.25, 0.3) is 0 Å². The van der Waals surface area contributed by atoms with Crippen molar-refractivity contribution in [3.8, 4) is 0 Å². The van der Waals surface area contributed by atoms with E-state index >= 15 is 0 Å². The summed E-state index contributed by atoms with van der Waals surface area (Å²) in [7, 11) is -1.11. The number of rotatable bonds is 3. The largest absolute Gasteiger partial charge is 0.253 e. The predicted octanol–water partition coefficient (Wildman–Crippen LogP) is 2.75. The smallest absolute Gasteiger partial charge is 0.123 e. The lowest BCUT2D eigenvalue weighted by Gasteiger charge is -2.04. The predicted molar refractivity (Wildman–Crippen MR) is 56.3 cm³/mol. The fraction of sp³-hybridized carbons (Fsp3) is 0.250. The van der Waals surface area contributed by atoms with E-state index in [1.807, 2.05) is 30.3 Å². The third-order valence-corrected chi connectivity index (χ3v) is 4.79. The maximum absolute atomic E-state index is 11.5. The summed E-state index contributed by atoms with van der Waals surface area (Å²) in [5.41, 5.74) is 0. The van der Waals surface area contributed by atoms with Gasteiger partial charge in [-0.25, -0.2) is 0 Å². The minimum atomic E-state index is -1.11. The van der Waals surface area contributed by atoms with Gasteiger partial charge < -0.3 is 0 Å². The zero-order valence-corrected chi connectivity index (χ0v) is 9.40. The highest BCUT2D eigenvalue weighted by atomic mass is 79.9. The van der Waals surface area contributed by atoms with Gasteiger partial charge in [-0.2, -0.15) is 0 Å². The molecule has 1 aromatic rings. The topological polar surface area (TPSA) is 17.1 Å². The van der Waals surface area contributed by atoms with Crippen LogP contribution in [0.3, 0.4) is 0 Å². The van der Waals surface area contributed by atoms with E-state index in [4.69, 9.17) is 11.6 Å². The summed E-state index contributed by atoms with van der Waals surface area (Å²) < 4.78 is 11.2. The Hall–Kier alpha value is 0.140. The van der Waals surface area contributed by atoms with Gasteiger partial charge in [0, 0.05) is 10.2 Å². The number of alkyl halides is 2. The van der Waals surface area contributed by atoms with Crippen LogP contribution >= 0.6 is 27.5 Å². The molecule has 0 aliphatic heterocycles. The monoisotopic (exact) mass is 266 g/mol. The van der Waals surface area contributed by atoms with Crippen LogP contribution in [0.2, 0.25) is 0 Å². The fourth-order valence-electron chi connectivity index (χ4n) is 0.759. The van der Waals surface area contributed by atoms with Gasteiger partial charge in [0.25, 0.3) is 0 Å². The minimum Gasteiger partial charge on any atom is -0.253 e. The molecule has 1 aromatic carbocycles. The Bertz CT molecular complexity index is 265. The van der Waals surface area contributed by atoms with Crippen LogP contribution < -0.4 is 0 Å². The average Bonchev–Trinajstić information content (AvgIpc) is 2.17. The maximum Gasteiger partial charge on any atom is 0.123 e. The van der Waals surface area contributed by atoms with E-state index in [1.165, 1.54) is 0 Å². The first-order valence-corrected chi connectivity index (χ1v) is 6.18. The molecule has 0 saturated carbocycles. The van der Waals surface area contributed by atoms with E-state index in [0.717, 1.165) is 4.90 Å². The SMILES string of the molecule is O=S(c1ccccc1)C(Cl)CBr. The third kappa shape index (κ3) is 2.57. The van der Waals surface area contributed by atoms with E-state index in [0.29, 0.717) is 5.33 Å². The standard InChI is InChI=1S/C8H8BrClOS/c9-6-8(10)12(11)7-4-2-1-3-5-7/h1-5,8H,6H2. The van der Waals surface area contributed by atoms with Gasteiger partial charge in [0.2, 0.25) is 0 Å². The Morgan fingerprint density at radius 3 is 2.50 bits per heavy atom. The Kier molecular flexibility index (Phi) is 4.26. The number of halogens is 2. The van der Waals surface area contributed by atoms with Crippen molar-refractivity contribution in [1.29, 1.82) is 0 Å². The molecule has 2 atom stereocenters. The van der Waals surface area contributed by atoms with Gasteiger partial charge in [0.05, 0.1) is 10.8 Å². The fourth-order valence-corrected chi connectivity index (χ4v) is 2.62. The second-order valence-electron chi connectivity index (χ2n) is 2.17. The van der Waals surface area contributed by atoms with Crippen LogP contribution in [0.15, 0.2) is 35.2 Å². The van der Waals surface area contributed by atoms with E-state index in [-0.39, 0.29) is 4.71 Å². The summed E-state index contributed by atoms with van der Waals surface area (Å²) in [6.07, 6.45) is 0. The molecule has 0 spiro atoms. The van der Waals surface area contributed by atoms with E-state index < -0.39 is 10.8 Å². The van der Waals surface area contributed by atoms with Gasteiger partial charge in [-0.3, -0.25) is 4.21 Å². The quantitative estimate of drug-likeness (QED) is 0.770. The highest BCUT2D eigenvalue weighted by Crippen LogP contribution is 2.15. The van der Waals surface area contributed by atoms with Gasteiger partial charge in [0.1, 0.15) is 4.71 Å². The molecule has 4 heteroatoms. The molecule has 1 rings (SSSR count). The molecule has 0 radical (unpaired) electrons. The lowest BCUT2D eigenvalue weighted by molar-refractivity contribution is 0.682. The van der Waals surface area contributed by atoms with E-state index in [2.05, 4.69) is 15.9 Å². The molecule has 12 heavy (non-hydrogen) atoms. The van der Waals surface area contributed by atoms with Crippen molar-refractivity contribution in [2.75, 3.05) is 5.33 Å². The Morgan fingerprint density at radius 1 is 1.42 bits per heavy atom. The molecular weight excluding hydrogens is 260 g/mol. The molecule has 2 unspecified atom stereocenters. The van der Waals surface area contributed by atoms with Crippen LogP contribution in [0.1, 0.15) is 0 Å². The molecule has 0 aromatic heterocycles. The van der Waals surface area contributed by atoms with Crippen molar-refractivity contribution in [1.82, 2.24) is 0 Å². The van der Waals surface area contributed by atoms with Crippen molar-refractivity contribution in [2.24, 2.45) is 0 Å². The zero-order valence-electron chi connectivity index (χ0n) is 6.24. The van der Waals surface area contributed by atoms with Gasteiger partial charge in [-0.1, -0.05) is 34.1 Å². The Morgan fingerprint density at radius 2 is 2.00 bits per heavy atom. The zero-order chi connectivity index (χ0) is 8.97. The van der Waals surface area contributed by atoms with Gasteiger partial charge >= 0.3 is 0 Å². The summed E-state index contributed by atoms with van der Waals surface area (Å²) >= 11 is 8.99. The molecule has 66 valence electrons. The average molecular weight is 268 g/mol.